The van der Waals surface area contributed by atoms with Gasteiger partial charge in [-0.1, -0.05) is 33.6 Å². The lowest BCUT2D eigenvalue weighted by Crippen LogP contribution is -2.07. The van der Waals surface area contributed by atoms with Crippen LogP contribution >= 0.6 is 27.5 Å². The van der Waals surface area contributed by atoms with Crippen LogP contribution in [0.25, 0.3) is 0 Å². The van der Waals surface area contributed by atoms with E-state index in [9.17, 15) is 0 Å². The molecule has 0 aliphatic heterocycles. The molecule has 1 N–H and O–H groups in total. The Morgan fingerprint density at radius 1 is 1.35 bits per heavy atom. The molecule has 4 heteroatoms. The fraction of sp³-hybridized carbons (Fsp3) is 0.154. The number of anilines is 1. The molecule has 1 atom stereocenters. The van der Waals surface area contributed by atoms with E-state index >= 15 is 0 Å². The molecular formula is C13H12BrClN2. The van der Waals surface area contributed by atoms with Crippen molar-refractivity contribution >= 4 is 33.2 Å². The molecule has 88 valence electrons. The summed E-state index contributed by atoms with van der Waals surface area (Å²) in [6.07, 6.45) is 3.62. The number of hydrogen-bond acceptors (Lipinski definition) is 2. The third-order valence-electron chi connectivity index (χ3n) is 2.48. The monoisotopic (exact) mass is 310 g/mol. The minimum absolute atomic E-state index is 0.162. The van der Waals surface area contributed by atoms with E-state index in [0.29, 0.717) is 5.02 Å². The number of halogens is 2. The Balaban J connectivity index is 2.18. The quantitative estimate of drug-likeness (QED) is 0.891. The Hall–Kier alpha value is -1.06. The van der Waals surface area contributed by atoms with Gasteiger partial charge in [0.05, 0.1) is 16.8 Å². The molecule has 0 amide bonds. The molecule has 1 heterocycles. The van der Waals surface area contributed by atoms with Crippen LogP contribution < -0.4 is 5.32 Å². The van der Waals surface area contributed by atoms with Crippen LogP contribution in [0.1, 0.15) is 18.5 Å². The molecule has 0 saturated carbocycles. The maximum Gasteiger partial charge on any atom is 0.0638 e. The Labute approximate surface area is 114 Å². The van der Waals surface area contributed by atoms with E-state index in [2.05, 4.69) is 33.2 Å². The molecule has 1 aromatic heterocycles. The second-order valence-electron chi connectivity index (χ2n) is 3.78. The van der Waals surface area contributed by atoms with Crippen molar-refractivity contribution in [2.75, 3.05) is 5.32 Å². The van der Waals surface area contributed by atoms with Gasteiger partial charge in [-0.25, -0.2) is 0 Å². The first-order valence-electron chi connectivity index (χ1n) is 5.28. The fourth-order valence-electron chi connectivity index (χ4n) is 1.56. The molecule has 2 nitrogen and oxygen atoms in total. The molecule has 1 aromatic carbocycles. The van der Waals surface area contributed by atoms with Gasteiger partial charge >= 0.3 is 0 Å². The van der Waals surface area contributed by atoms with Crippen molar-refractivity contribution in [3.8, 4) is 0 Å². The van der Waals surface area contributed by atoms with E-state index < -0.39 is 0 Å². The van der Waals surface area contributed by atoms with Gasteiger partial charge in [0.2, 0.25) is 0 Å². The zero-order chi connectivity index (χ0) is 12.3. The summed E-state index contributed by atoms with van der Waals surface area (Å²) in [5.41, 5.74) is 2.04. The number of rotatable bonds is 3. The van der Waals surface area contributed by atoms with Gasteiger partial charge in [0, 0.05) is 16.9 Å². The SMILES string of the molecule is CC(Nc1cc(Br)ccc1Cl)c1cccnc1. The van der Waals surface area contributed by atoms with Gasteiger partial charge in [0.15, 0.2) is 0 Å². The maximum atomic E-state index is 6.13. The lowest BCUT2D eigenvalue weighted by atomic mass is 10.1. The third kappa shape index (κ3) is 3.20. The number of benzene rings is 1. The Morgan fingerprint density at radius 3 is 2.88 bits per heavy atom. The fourth-order valence-corrected chi connectivity index (χ4v) is 2.09. The average Bonchev–Trinajstić information content (AvgIpc) is 2.35. The van der Waals surface area contributed by atoms with Crippen molar-refractivity contribution in [3.63, 3.8) is 0 Å². The predicted octanol–water partition coefficient (Wildman–Crippen LogP) is 4.67. The van der Waals surface area contributed by atoms with E-state index in [0.717, 1.165) is 15.7 Å². The molecule has 0 saturated heterocycles. The van der Waals surface area contributed by atoms with Crippen molar-refractivity contribution in [3.05, 3.63) is 57.8 Å². The first-order valence-corrected chi connectivity index (χ1v) is 6.45. The first kappa shape index (κ1) is 12.4. The highest BCUT2D eigenvalue weighted by atomic mass is 79.9. The molecule has 17 heavy (non-hydrogen) atoms. The van der Waals surface area contributed by atoms with Crippen LogP contribution in [-0.2, 0) is 0 Å². The molecule has 0 aliphatic carbocycles. The minimum Gasteiger partial charge on any atom is -0.377 e. The molecule has 0 spiro atoms. The summed E-state index contributed by atoms with van der Waals surface area (Å²) in [6, 6.07) is 9.88. The summed E-state index contributed by atoms with van der Waals surface area (Å²) >= 11 is 9.56. The predicted molar refractivity (Wildman–Crippen MR) is 75.4 cm³/mol. The van der Waals surface area contributed by atoms with Crippen LogP contribution in [0.5, 0.6) is 0 Å². The van der Waals surface area contributed by atoms with Gasteiger partial charge < -0.3 is 5.32 Å². The van der Waals surface area contributed by atoms with E-state index in [4.69, 9.17) is 11.6 Å². The number of pyridine rings is 1. The van der Waals surface area contributed by atoms with Crippen LogP contribution in [0.2, 0.25) is 5.02 Å². The van der Waals surface area contributed by atoms with Crippen LogP contribution in [0.3, 0.4) is 0 Å². The molecule has 0 radical (unpaired) electrons. The van der Waals surface area contributed by atoms with Crippen molar-refractivity contribution in [2.45, 2.75) is 13.0 Å². The molecule has 2 rings (SSSR count). The Bertz CT molecular complexity index is 502. The van der Waals surface area contributed by atoms with Gasteiger partial charge in [-0.15, -0.1) is 0 Å². The second-order valence-corrected chi connectivity index (χ2v) is 5.10. The smallest absolute Gasteiger partial charge is 0.0638 e. The van der Waals surface area contributed by atoms with Gasteiger partial charge in [-0.3, -0.25) is 4.98 Å². The number of aromatic nitrogens is 1. The van der Waals surface area contributed by atoms with Gasteiger partial charge in [0.1, 0.15) is 0 Å². The Kier molecular flexibility index (Phi) is 4.02. The molecule has 0 fully saturated rings. The molecule has 2 aromatic rings. The van der Waals surface area contributed by atoms with E-state index in [1.54, 1.807) is 6.20 Å². The number of nitrogens with zero attached hydrogens (tertiary/aromatic N) is 1. The largest absolute Gasteiger partial charge is 0.377 e. The van der Waals surface area contributed by atoms with Crippen LogP contribution in [0.15, 0.2) is 47.2 Å². The summed E-state index contributed by atoms with van der Waals surface area (Å²) in [7, 11) is 0. The van der Waals surface area contributed by atoms with Crippen molar-refractivity contribution in [1.29, 1.82) is 0 Å². The molecule has 0 bridgehead atoms. The zero-order valence-electron chi connectivity index (χ0n) is 9.32. The van der Waals surface area contributed by atoms with Crippen molar-refractivity contribution in [2.24, 2.45) is 0 Å². The number of hydrogen-bond donors (Lipinski definition) is 1. The molecular weight excluding hydrogens is 300 g/mol. The standard InChI is InChI=1S/C13H12BrClN2/c1-9(10-3-2-6-16-8-10)17-13-7-11(14)4-5-12(13)15/h2-9,17H,1H3. The maximum absolute atomic E-state index is 6.13. The highest BCUT2D eigenvalue weighted by Gasteiger charge is 2.07. The van der Waals surface area contributed by atoms with Crippen LogP contribution in [0, 0.1) is 0 Å². The van der Waals surface area contributed by atoms with Crippen LogP contribution in [0.4, 0.5) is 5.69 Å². The Morgan fingerprint density at radius 2 is 2.18 bits per heavy atom. The van der Waals surface area contributed by atoms with Crippen molar-refractivity contribution in [1.82, 2.24) is 4.98 Å². The summed E-state index contributed by atoms with van der Waals surface area (Å²) in [5, 5.41) is 4.08. The highest BCUT2D eigenvalue weighted by molar-refractivity contribution is 9.10. The zero-order valence-corrected chi connectivity index (χ0v) is 11.7. The lowest BCUT2D eigenvalue weighted by Gasteiger charge is -2.16. The first-order chi connectivity index (χ1) is 8.16. The lowest BCUT2D eigenvalue weighted by molar-refractivity contribution is 0.875. The summed E-state index contributed by atoms with van der Waals surface area (Å²) < 4.78 is 1.00. The summed E-state index contributed by atoms with van der Waals surface area (Å²) in [5.74, 6) is 0. The van der Waals surface area contributed by atoms with Crippen molar-refractivity contribution < 1.29 is 0 Å². The van der Waals surface area contributed by atoms with E-state index in [1.807, 2.05) is 36.5 Å². The van der Waals surface area contributed by atoms with E-state index in [-0.39, 0.29) is 6.04 Å². The summed E-state index contributed by atoms with van der Waals surface area (Å²) in [4.78, 5) is 4.11. The van der Waals surface area contributed by atoms with Gasteiger partial charge in [0.25, 0.3) is 0 Å². The minimum atomic E-state index is 0.162. The average molecular weight is 312 g/mol. The summed E-state index contributed by atoms with van der Waals surface area (Å²) in [6.45, 7) is 2.08. The van der Waals surface area contributed by atoms with Crippen LogP contribution in [-0.4, -0.2) is 4.98 Å². The topological polar surface area (TPSA) is 24.9 Å². The number of nitrogens with one attached hydrogen (secondary N) is 1. The molecule has 1 unspecified atom stereocenters. The third-order valence-corrected chi connectivity index (χ3v) is 3.31. The normalized spacial score (nSPS) is 12.2. The second kappa shape index (κ2) is 5.52. The molecule has 0 aliphatic rings. The van der Waals surface area contributed by atoms with Gasteiger partial charge in [-0.2, -0.15) is 0 Å². The van der Waals surface area contributed by atoms with E-state index in [1.165, 1.54) is 0 Å². The highest BCUT2D eigenvalue weighted by Crippen LogP contribution is 2.28. The van der Waals surface area contributed by atoms with Gasteiger partial charge in [-0.05, 0) is 36.8 Å².